The van der Waals surface area contributed by atoms with E-state index in [1.165, 1.54) is 6.08 Å². The molecular formula is C11H12BrF3. The maximum atomic E-state index is 12.4. The Labute approximate surface area is 95.7 Å². The SMILES string of the molecule is CC1=C(CBr)C=CC(C(F)(F)F)=CCC1. The zero-order valence-electron chi connectivity index (χ0n) is 8.37. The minimum atomic E-state index is -4.24. The number of hydrogen-bond donors (Lipinski definition) is 0. The summed E-state index contributed by atoms with van der Waals surface area (Å²) < 4.78 is 37.3. The van der Waals surface area contributed by atoms with Crippen molar-refractivity contribution < 1.29 is 13.2 Å². The minimum Gasteiger partial charge on any atom is -0.166 e. The lowest BCUT2D eigenvalue weighted by molar-refractivity contribution is -0.0884. The van der Waals surface area contributed by atoms with E-state index in [9.17, 15) is 13.2 Å². The van der Waals surface area contributed by atoms with E-state index >= 15 is 0 Å². The lowest BCUT2D eigenvalue weighted by atomic mass is 10.0. The number of rotatable bonds is 1. The number of allylic oxidation sites excluding steroid dienone is 6. The highest BCUT2D eigenvalue weighted by molar-refractivity contribution is 9.09. The summed E-state index contributed by atoms with van der Waals surface area (Å²) >= 11 is 3.27. The molecule has 0 saturated carbocycles. The molecule has 0 nitrogen and oxygen atoms in total. The Balaban J connectivity index is 2.97. The van der Waals surface area contributed by atoms with Crippen molar-refractivity contribution in [3.05, 3.63) is 34.9 Å². The molecule has 0 bridgehead atoms. The van der Waals surface area contributed by atoms with Gasteiger partial charge >= 0.3 is 6.18 Å². The maximum absolute atomic E-state index is 12.4. The van der Waals surface area contributed by atoms with Crippen LogP contribution in [-0.4, -0.2) is 11.5 Å². The Hall–Kier alpha value is -0.510. The molecule has 0 heterocycles. The van der Waals surface area contributed by atoms with Crippen molar-refractivity contribution in [2.24, 2.45) is 0 Å². The largest absolute Gasteiger partial charge is 0.416 e. The van der Waals surface area contributed by atoms with E-state index in [-0.39, 0.29) is 0 Å². The first-order valence-electron chi connectivity index (χ1n) is 4.65. The van der Waals surface area contributed by atoms with Crippen LogP contribution in [0.3, 0.4) is 0 Å². The third kappa shape index (κ3) is 3.52. The topological polar surface area (TPSA) is 0 Å². The first-order valence-corrected chi connectivity index (χ1v) is 5.77. The van der Waals surface area contributed by atoms with E-state index in [0.29, 0.717) is 18.2 Å². The molecule has 0 saturated heterocycles. The van der Waals surface area contributed by atoms with E-state index in [2.05, 4.69) is 15.9 Å². The van der Waals surface area contributed by atoms with Gasteiger partial charge in [-0.3, -0.25) is 0 Å². The van der Waals surface area contributed by atoms with Gasteiger partial charge in [0.15, 0.2) is 0 Å². The molecule has 1 aliphatic carbocycles. The van der Waals surface area contributed by atoms with Gasteiger partial charge in [0.1, 0.15) is 0 Å². The molecular weight excluding hydrogens is 269 g/mol. The summed E-state index contributed by atoms with van der Waals surface area (Å²) in [5, 5.41) is 0.598. The van der Waals surface area contributed by atoms with Gasteiger partial charge in [-0.15, -0.1) is 0 Å². The van der Waals surface area contributed by atoms with Gasteiger partial charge in [0.25, 0.3) is 0 Å². The summed E-state index contributed by atoms with van der Waals surface area (Å²) in [5.41, 5.74) is 1.53. The van der Waals surface area contributed by atoms with Crippen LogP contribution in [-0.2, 0) is 0 Å². The third-order valence-corrected chi connectivity index (χ3v) is 2.97. The van der Waals surface area contributed by atoms with E-state index in [1.54, 1.807) is 6.08 Å². The molecule has 4 heteroatoms. The number of halogens is 4. The normalized spacial score (nSPS) is 18.6. The van der Waals surface area contributed by atoms with Crippen LogP contribution in [0.5, 0.6) is 0 Å². The Morgan fingerprint density at radius 3 is 2.53 bits per heavy atom. The smallest absolute Gasteiger partial charge is 0.166 e. The minimum absolute atomic E-state index is 0.446. The molecule has 1 rings (SSSR count). The molecule has 0 aromatic heterocycles. The fourth-order valence-corrected chi connectivity index (χ4v) is 2.04. The van der Waals surface area contributed by atoms with Crippen LogP contribution in [0.15, 0.2) is 34.9 Å². The molecule has 0 aromatic carbocycles. The summed E-state index contributed by atoms with van der Waals surface area (Å²) in [4.78, 5) is 0. The second kappa shape index (κ2) is 5.01. The van der Waals surface area contributed by atoms with Gasteiger partial charge < -0.3 is 0 Å². The van der Waals surface area contributed by atoms with Crippen LogP contribution in [0.25, 0.3) is 0 Å². The summed E-state index contributed by atoms with van der Waals surface area (Å²) in [6.45, 7) is 1.95. The fourth-order valence-electron chi connectivity index (χ4n) is 1.37. The Morgan fingerprint density at radius 2 is 2.00 bits per heavy atom. The fraction of sp³-hybridized carbons (Fsp3) is 0.455. The summed E-state index contributed by atoms with van der Waals surface area (Å²) in [6.07, 6.45) is 0.846. The van der Waals surface area contributed by atoms with Crippen LogP contribution in [0.1, 0.15) is 19.8 Å². The molecule has 0 aliphatic heterocycles. The van der Waals surface area contributed by atoms with Gasteiger partial charge in [-0.25, -0.2) is 0 Å². The second-order valence-corrected chi connectivity index (χ2v) is 4.03. The van der Waals surface area contributed by atoms with Gasteiger partial charge in [0, 0.05) is 5.33 Å². The summed E-state index contributed by atoms with van der Waals surface area (Å²) in [5.74, 6) is 0. The summed E-state index contributed by atoms with van der Waals surface area (Å²) in [6, 6.07) is 0. The van der Waals surface area contributed by atoms with E-state index in [1.807, 2.05) is 6.92 Å². The lowest BCUT2D eigenvalue weighted by Crippen LogP contribution is -2.10. The molecule has 0 fully saturated rings. The van der Waals surface area contributed by atoms with Crippen molar-refractivity contribution in [3.63, 3.8) is 0 Å². The van der Waals surface area contributed by atoms with Gasteiger partial charge in [-0.1, -0.05) is 39.7 Å². The molecule has 0 atom stereocenters. The van der Waals surface area contributed by atoms with Crippen LogP contribution in [0, 0.1) is 0 Å². The molecule has 0 amide bonds. The van der Waals surface area contributed by atoms with Crippen molar-refractivity contribution in [1.29, 1.82) is 0 Å². The average molecular weight is 281 g/mol. The molecule has 0 spiro atoms. The highest BCUT2D eigenvalue weighted by Crippen LogP contribution is 2.29. The Bertz CT molecular complexity index is 321. The van der Waals surface area contributed by atoms with E-state index in [4.69, 9.17) is 0 Å². The van der Waals surface area contributed by atoms with Crippen LogP contribution < -0.4 is 0 Å². The van der Waals surface area contributed by atoms with Crippen molar-refractivity contribution >= 4 is 15.9 Å². The van der Waals surface area contributed by atoms with E-state index in [0.717, 1.165) is 17.2 Å². The highest BCUT2D eigenvalue weighted by atomic mass is 79.9. The van der Waals surface area contributed by atoms with Gasteiger partial charge in [0.05, 0.1) is 5.57 Å². The quantitative estimate of drug-likeness (QED) is 0.619. The first kappa shape index (κ1) is 12.6. The van der Waals surface area contributed by atoms with Gasteiger partial charge in [-0.05, 0) is 25.3 Å². The zero-order valence-corrected chi connectivity index (χ0v) is 9.95. The van der Waals surface area contributed by atoms with E-state index < -0.39 is 11.7 Å². The van der Waals surface area contributed by atoms with Crippen molar-refractivity contribution in [2.45, 2.75) is 25.9 Å². The van der Waals surface area contributed by atoms with Crippen LogP contribution >= 0.6 is 15.9 Å². The van der Waals surface area contributed by atoms with Gasteiger partial charge in [-0.2, -0.15) is 13.2 Å². The molecule has 84 valence electrons. The molecule has 0 radical (unpaired) electrons. The summed E-state index contributed by atoms with van der Waals surface area (Å²) in [7, 11) is 0. The van der Waals surface area contributed by atoms with Crippen molar-refractivity contribution in [2.75, 3.05) is 5.33 Å². The molecule has 0 aromatic rings. The predicted octanol–water partition coefficient (Wildman–Crippen LogP) is 4.54. The van der Waals surface area contributed by atoms with Crippen LogP contribution in [0.2, 0.25) is 0 Å². The number of hydrogen-bond acceptors (Lipinski definition) is 0. The molecule has 15 heavy (non-hydrogen) atoms. The van der Waals surface area contributed by atoms with Crippen LogP contribution in [0.4, 0.5) is 13.2 Å². The third-order valence-electron chi connectivity index (χ3n) is 2.37. The zero-order chi connectivity index (χ0) is 11.5. The standard InChI is InChI=1S/C11H12BrF3/c1-8-3-2-4-10(11(13,14)15)6-5-9(8)7-12/h4-6H,2-3,7H2,1H3. The van der Waals surface area contributed by atoms with Gasteiger partial charge in [0.2, 0.25) is 0 Å². The molecule has 0 N–H and O–H groups in total. The van der Waals surface area contributed by atoms with Crippen molar-refractivity contribution in [1.82, 2.24) is 0 Å². The average Bonchev–Trinajstić information content (AvgIpc) is 2.10. The highest BCUT2D eigenvalue weighted by Gasteiger charge is 2.31. The monoisotopic (exact) mass is 280 g/mol. The predicted molar refractivity (Wildman–Crippen MR) is 59.0 cm³/mol. The molecule has 1 aliphatic rings. The number of alkyl halides is 4. The second-order valence-electron chi connectivity index (χ2n) is 3.47. The van der Waals surface area contributed by atoms with Crippen molar-refractivity contribution in [3.8, 4) is 0 Å². The Morgan fingerprint density at radius 1 is 1.33 bits per heavy atom. The maximum Gasteiger partial charge on any atom is 0.416 e. The lowest BCUT2D eigenvalue weighted by Gasteiger charge is -2.12. The molecule has 0 unspecified atom stereocenters. The Kier molecular flexibility index (Phi) is 4.20. The first-order chi connectivity index (χ1) is 6.95.